The summed E-state index contributed by atoms with van der Waals surface area (Å²) in [5.74, 6) is -5.28. The van der Waals surface area contributed by atoms with Crippen LogP contribution in [0, 0.1) is 24.4 Å². The summed E-state index contributed by atoms with van der Waals surface area (Å²) in [6, 6.07) is 6.86. The van der Waals surface area contributed by atoms with Crippen molar-refractivity contribution in [3.05, 3.63) is 64.5 Å². The standard InChI is InChI=1S/C17H14F3NO2/c1-9-3-2-4-10-13(22)7-8-21(16(9)10)17(23)11-5-6-12(18)15(20)14(11)19/h2-6,13,22H,7-8H2,1H3. The summed E-state index contributed by atoms with van der Waals surface area (Å²) < 4.78 is 40.4. The molecule has 1 aliphatic heterocycles. The molecule has 23 heavy (non-hydrogen) atoms. The molecule has 2 aromatic rings. The number of aliphatic hydroxyl groups is 1. The Morgan fingerprint density at radius 3 is 2.65 bits per heavy atom. The average Bonchev–Trinajstić information content (AvgIpc) is 2.53. The number of para-hydroxylation sites is 1. The summed E-state index contributed by atoms with van der Waals surface area (Å²) in [5.41, 5.74) is 1.25. The number of fused-ring (bicyclic) bond motifs is 1. The lowest BCUT2D eigenvalue weighted by Crippen LogP contribution is -2.38. The highest BCUT2D eigenvalue weighted by atomic mass is 19.2. The van der Waals surface area contributed by atoms with Gasteiger partial charge in [-0.3, -0.25) is 4.79 Å². The highest BCUT2D eigenvalue weighted by Crippen LogP contribution is 2.37. The number of nitrogens with zero attached hydrogens (tertiary/aromatic N) is 1. The molecule has 1 aliphatic rings. The minimum atomic E-state index is -1.67. The maximum atomic E-state index is 13.9. The number of carbonyl (C=O) groups excluding carboxylic acids is 1. The van der Waals surface area contributed by atoms with E-state index in [0.29, 0.717) is 11.3 Å². The number of hydrogen-bond donors (Lipinski definition) is 1. The van der Waals surface area contributed by atoms with Gasteiger partial charge in [-0.05, 0) is 31.0 Å². The lowest BCUT2D eigenvalue weighted by Gasteiger charge is -2.33. The Bertz CT molecular complexity index is 792. The van der Waals surface area contributed by atoms with Crippen LogP contribution in [-0.2, 0) is 0 Å². The van der Waals surface area contributed by atoms with Gasteiger partial charge < -0.3 is 10.0 Å². The van der Waals surface area contributed by atoms with Crippen LogP contribution in [0.15, 0.2) is 30.3 Å². The van der Waals surface area contributed by atoms with Crippen LogP contribution in [0.3, 0.4) is 0 Å². The van der Waals surface area contributed by atoms with E-state index >= 15 is 0 Å². The molecule has 1 atom stereocenters. The quantitative estimate of drug-likeness (QED) is 0.817. The Balaban J connectivity index is 2.09. The largest absolute Gasteiger partial charge is 0.388 e. The maximum Gasteiger partial charge on any atom is 0.261 e. The molecule has 0 aromatic heterocycles. The van der Waals surface area contributed by atoms with Gasteiger partial charge in [-0.1, -0.05) is 18.2 Å². The Hall–Kier alpha value is -2.34. The first-order valence-electron chi connectivity index (χ1n) is 7.14. The van der Waals surface area contributed by atoms with Gasteiger partial charge in [0.2, 0.25) is 0 Å². The Labute approximate surface area is 131 Å². The highest BCUT2D eigenvalue weighted by molar-refractivity contribution is 6.07. The molecular formula is C17H14F3NO2. The monoisotopic (exact) mass is 321 g/mol. The van der Waals surface area contributed by atoms with Crippen molar-refractivity contribution in [2.24, 2.45) is 0 Å². The molecule has 3 nitrogen and oxygen atoms in total. The van der Waals surface area contributed by atoms with Crippen LogP contribution >= 0.6 is 0 Å². The molecule has 3 rings (SSSR count). The van der Waals surface area contributed by atoms with Gasteiger partial charge in [0.15, 0.2) is 17.5 Å². The van der Waals surface area contributed by atoms with Gasteiger partial charge in [0.05, 0.1) is 17.4 Å². The maximum absolute atomic E-state index is 13.9. The van der Waals surface area contributed by atoms with Gasteiger partial charge in [-0.25, -0.2) is 13.2 Å². The van der Waals surface area contributed by atoms with Crippen LogP contribution in [0.2, 0.25) is 0 Å². The smallest absolute Gasteiger partial charge is 0.261 e. The number of hydrogen-bond acceptors (Lipinski definition) is 2. The third-order valence-corrected chi connectivity index (χ3v) is 4.03. The Morgan fingerprint density at radius 1 is 1.17 bits per heavy atom. The molecule has 0 saturated carbocycles. The molecule has 1 unspecified atom stereocenters. The number of anilines is 1. The number of carbonyl (C=O) groups is 1. The first-order chi connectivity index (χ1) is 10.9. The zero-order valence-corrected chi connectivity index (χ0v) is 12.3. The summed E-state index contributed by atoms with van der Waals surface area (Å²) >= 11 is 0. The highest BCUT2D eigenvalue weighted by Gasteiger charge is 2.31. The van der Waals surface area contributed by atoms with Crippen molar-refractivity contribution in [1.29, 1.82) is 0 Å². The Morgan fingerprint density at radius 2 is 1.91 bits per heavy atom. The normalized spacial score (nSPS) is 17.1. The van der Waals surface area contributed by atoms with Gasteiger partial charge in [0.1, 0.15) is 0 Å². The van der Waals surface area contributed by atoms with Gasteiger partial charge in [0.25, 0.3) is 5.91 Å². The fourth-order valence-electron chi connectivity index (χ4n) is 2.88. The van der Waals surface area contributed by atoms with Crippen LogP contribution in [0.5, 0.6) is 0 Å². The van der Waals surface area contributed by atoms with Crippen molar-refractivity contribution < 1.29 is 23.1 Å². The summed E-state index contributed by atoms with van der Waals surface area (Å²) in [5, 5.41) is 10.1. The number of aryl methyl sites for hydroxylation is 1. The van der Waals surface area contributed by atoms with Crippen LogP contribution < -0.4 is 4.90 Å². The first-order valence-corrected chi connectivity index (χ1v) is 7.14. The molecule has 0 aliphatic carbocycles. The van der Waals surface area contributed by atoms with E-state index < -0.39 is 35.0 Å². The zero-order chi connectivity index (χ0) is 16.7. The number of rotatable bonds is 1. The summed E-state index contributed by atoms with van der Waals surface area (Å²) in [7, 11) is 0. The van der Waals surface area contributed by atoms with E-state index in [1.807, 2.05) is 0 Å². The van der Waals surface area contributed by atoms with Crippen LogP contribution in [0.1, 0.15) is 34.0 Å². The van der Waals surface area contributed by atoms with E-state index in [1.165, 1.54) is 4.90 Å². The number of benzene rings is 2. The van der Waals surface area contributed by atoms with Crippen molar-refractivity contribution in [2.75, 3.05) is 11.4 Å². The molecule has 120 valence electrons. The summed E-state index contributed by atoms with van der Waals surface area (Å²) in [4.78, 5) is 13.9. The van der Waals surface area contributed by atoms with E-state index in [9.17, 15) is 23.1 Å². The molecule has 1 N–H and O–H groups in total. The molecule has 0 spiro atoms. The molecule has 6 heteroatoms. The van der Waals surface area contributed by atoms with Gasteiger partial charge in [0, 0.05) is 12.1 Å². The average molecular weight is 321 g/mol. The second-order valence-corrected chi connectivity index (χ2v) is 5.50. The summed E-state index contributed by atoms with van der Waals surface area (Å²) in [6.45, 7) is 1.93. The van der Waals surface area contributed by atoms with E-state index in [2.05, 4.69) is 0 Å². The SMILES string of the molecule is Cc1cccc2c1N(C(=O)c1ccc(F)c(F)c1F)CCC2O. The first kappa shape index (κ1) is 15.6. The Kier molecular flexibility index (Phi) is 3.85. The number of halogens is 3. The second-order valence-electron chi connectivity index (χ2n) is 5.50. The predicted octanol–water partition coefficient (Wildman–Crippen LogP) is 3.50. The van der Waals surface area contributed by atoms with E-state index in [0.717, 1.165) is 17.7 Å². The molecule has 0 bridgehead atoms. The fourth-order valence-corrected chi connectivity index (χ4v) is 2.88. The van der Waals surface area contributed by atoms with E-state index in [-0.39, 0.29) is 13.0 Å². The van der Waals surface area contributed by atoms with Crippen molar-refractivity contribution >= 4 is 11.6 Å². The zero-order valence-electron chi connectivity index (χ0n) is 12.3. The van der Waals surface area contributed by atoms with Crippen LogP contribution in [-0.4, -0.2) is 17.6 Å². The van der Waals surface area contributed by atoms with Gasteiger partial charge in [-0.2, -0.15) is 0 Å². The molecule has 0 fully saturated rings. The minimum absolute atomic E-state index is 0.163. The fraction of sp³-hybridized carbons (Fsp3) is 0.235. The lowest BCUT2D eigenvalue weighted by molar-refractivity contribution is 0.0965. The third kappa shape index (κ3) is 2.49. The van der Waals surface area contributed by atoms with Crippen molar-refractivity contribution in [1.82, 2.24) is 0 Å². The molecule has 1 amide bonds. The lowest BCUT2D eigenvalue weighted by atomic mass is 9.95. The molecule has 2 aromatic carbocycles. The predicted molar refractivity (Wildman–Crippen MR) is 78.7 cm³/mol. The third-order valence-electron chi connectivity index (χ3n) is 4.03. The van der Waals surface area contributed by atoms with Gasteiger partial charge in [-0.15, -0.1) is 0 Å². The molecule has 0 saturated heterocycles. The summed E-state index contributed by atoms with van der Waals surface area (Å²) in [6.07, 6.45) is -0.434. The van der Waals surface area contributed by atoms with Crippen LogP contribution in [0.25, 0.3) is 0 Å². The second kappa shape index (κ2) is 5.70. The number of aliphatic hydroxyl groups excluding tert-OH is 1. The van der Waals surface area contributed by atoms with Crippen molar-refractivity contribution in [2.45, 2.75) is 19.4 Å². The van der Waals surface area contributed by atoms with E-state index in [1.54, 1.807) is 25.1 Å². The van der Waals surface area contributed by atoms with Crippen molar-refractivity contribution in [3.8, 4) is 0 Å². The van der Waals surface area contributed by atoms with Gasteiger partial charge >= 0.3 is 0 Å². The van der Waals surface area contributed by atoms with Crippen LogP contribution in [0.4, 0.5) is 18.9 Å². The minimum Gasteiger partial charge on any atom is -0.388 e. The molecule has 0 radical (unpaired) electrons. The molecular weight excluding hydrogens is 307 g/mol. The van der Waals surface area contributed by atoms with E-state index in [4.69, 9.17) is 0 Å². The molecule has 1 heterocycles. The topological polar surface area (TPSA) is 40.5 Å². The van der Waals surface area contributed by atoms with Crippen molar-refractivity contribution in [3.63, 3.8) is 0 Å². The number of amides is 1.